The second-order valence-corrected chi connectivity index (χ2v) is 5.29. The van der Waals surface area contributed by atoms with Crippen molar-refractivity contribution in [2.45, 2.75) is 13.0 Å². The van der Waals surface area contributed by atoms with Gasteiger partial charge in [-0.2, -0.15) is 0 Å². The molecule has 1 amide bonds. The highest BCUT2D eigenvalue weighted by Gasteiger charge is 2.11. The molecule has 0 saturated heterocycles. The van der Waals surface area contributed by atoms with E-state index in [1.165, 1.54) is 0 Å². The fourth-order valence-electron chi connectivity index (χ4n) is 2.37. The summed E-state index contributed by atoms with van der Waals surface area (Å²) in [6, 6.07) is 15.5. The molecule has 0 fully saturated rings. The van der Waals surface area contributed by atoms with Gasteiger partial charge >= 0.3 is 0 Å². The smallest absolute Gasteiger partial charge is 0.253 e. The third-order valence-electron chi connectivity index (χ3n) is 3.70. The Hall–Kier alpha value is -3.01. The van der Waals surface area contributed by atoms with Gasteiger partial charge in [0.2, 0.25) is 0 Å². The van der Waals surface area contributed by atoms with Gasteiger partial charge in [-0.1, -0.05) is 24.3 Å². The minimum Gasteiger partial charge on any atom is -0.345 e. The fraction of sp³-hybridized carbons (Fsp3) is 0.105. The molecule has 3 aromatic rings. The molecule has 4 nitrogen and oxygen atoms in total. The molecule has 1 atom stereocenters. The molecular weight excluding hydrogens is 286 g/mol. The maximum Gasteiger partial charge on any atom is 0.253 e. The van der Waals surface area contributed by atoms with Gasteiger partial charge in [0.1, 0.15) is 0 Å². The number of rotatable bonds is 4. The molecule has 0 aliphatic carbocycles. The Morgan fingerprint density at radius 3 is 2.26 bits per heavy atom. The van der Waals surface area contributed by atoms with Crippen LogP contribution in [-0.4, -0.2) is 15.9 Å². The first-order valence-corrected chi connectivity index (χ1v) is 7.45. The molecule has 0 spiro atoms. The minimum absolute atomic E-state index is 0.0748. The summed E-state index contributed by atoms with van der Waals surface area (Å²) < 4.78 is 0. The highest BCUT2D eigenvalue weighted by atomic mass is 16.1. The summed E-state index contributed by atoms with van der Waals surface area (Å²) in [6.07, 6.45) is 6.77. The van der Waals surface area contributed by atoms with Crippen molar-refractivity contribution in [3.05, 3.63) is 84.4 Å². The highest BCUT2D eigenvalue weighted by Crippen LogP contribution is 2.21. The molecule has 1 unspecified atom stereocenters. The van der Waals surface area contributed by atoms with E-state index in [9.17, 15) is 4.79 Å². The zero-order chi connectivity index (χ0) is 16.1. The lowest BCUT2D eigenvalue weighted by Crippen LogP contribution is -2.26. The van der Waals surface area contributed by atoms with Crippen LogP contribution < -0.4 is 5.32 Å². The van der Waals surface area contributed by atoms with Gasteiger partial charge in [-0.15, -0.1) is 0 Å². The highest BCUT2D eigenvalue weighted by molar-refractivity contribution is 5.94. The van der Waals surface area contributed by atoms with E-state index >= 15 is 0 Å². The molecule has 2 aromatic heterocycles. The maximum atomic E-state index is 12.2. The molecule has 2 heterocycles. The molecule has 1 aromatic carbocycles. The van der Waals surface area contributed by atoms with Crippen molar-refractivity contribution < 1.29 is 4.79 Å². The number of pyridine rings is 2. The molecule has 0 radical (unpaired) electrons. The van der Waals surface area contributed by atoms with Crippen molar-refractivity contribution in [2.75, 3.05) is 0 Å². The molecule has 23 heavy (non-hydrogen) atoms. The molecule has 0 aliphatic rings. The number of hydrogen-bond donors (Lipinski definition) is 1. The first kappa shape index (κ1) is 14.9. The normalized spacial score (nSPS) is 11.7. The van der Waals surface area contributed by atoms with E-state index in [1.54, 1.807) is 36.9 Å². The summed E-state index contributed by atoms with van der Waals surface area (Å²) in [5.41, 5.74) is 3.87. The Labute approximate surface area is 135 Å². The minimum atomic E-state index is -0.121. The number of nitrogens with zero attached hydrogens (tertiary/aromatic N) is 2. The van der Waals surface area contributed by atoms with E-state index in [0.29, 0.717) is 5.56 Å². The zero-order valence-corrected chi connectivity index (χ0v) is 12.8. The van der Waals surface area contributed by atoms with E-state index in [1.807, 2.05) is 31.2 Å². The molecule has 4 heteroatoms. The van der Waals surface area contributed by atoms with Crippen LogP contribution >= 0.6 is 0 Å². The Morgan fingerprint density at radius 1 is 0.913 bits per heavy atom. The number of hydrogen-bond acceptors (Lipinski definition) is 3. The molecule has 0 saturated carbocycles. The van der Waals surface area contributed by atoms with Crippen LogP contribution in [0.15, 0.2) is 73.3 Å². The van der Waals surface area contributed by atoms with Crippen LogP contribution in [0.25, 0.3) is 11.1 Å². The molecule has 114 valence electrons. The predicted molar refractivity (Wildman–Crippen MR) is 89.8 cm³/mol. The molecule has 0 aliphatic heterocycles. The van der Waals surface area contributed by atoms with Crippen molar-refractivity contribution >= 4 is 5.91 Å². The lowest BCUT2D eigenvalue weighted by atomic mass is 10.0. The molecule has 0 bridgehead atoms. The van der Waals surface area contributed by atoms with Crippen molar-refractivity contribution in [2.24, 2.45) is 0 Å². The average molecular weight is 303 g/mol. The van der Waals surface area contributed by atoms with E-state index < -0.39 is 0 Å². The van der Waals surface area contributed by atoms with Crippen molar-refractivity contribution in [1.82, 2.24) is 15.3 Å². The van der Waals surface area contributed by atoms with Crippen molar-refractivity contribution in [3.8, 4) is 11.1 Å². The van der Waals surface area contributed by atoms with Crippen LogP contribution in [0.5, 0.6) is 0 Å². The van der Waals surface area contributed by atoms with Crippen LogP contribution in [0.4, 0.5) is 0 Å². The Kier molecular flexibility index (Phi) is 4.43. The summed E-state index contributed by atoms with van der Waals surface area (Å²) in [6.45, 7) is 1.97. The van der Waals surface area contributed by atoms with Gasteiger partial charge in [-0.3, -0.25) is 14.8 Å². The largest absolute Gasteiger partial charge is 0.345 e. The fourth-order valence-corrected chi connectivity index (χ4v) is 2.37. The van der Waals surface area contributed by atoms with Gasteiger partial charge in [0.05, 0.1) is 11.6 Å². The van der Waals surface area contributed by atoms with Gasteiger partial charge in [-0.05, 0) is 47.9 Å². The first-order valence-electron chi connectivity index (χ1n) is 7.45. The van der Waals surface area contributed by atoms with Crippen LogP contribution in [0, 0.1) is 0 Å². The number of nitrogens with one attached hydrogen (secondary N) is 1. The van der Waals surface area contributed by atoms with Gasteiger partial charge in [-0.25, -0.2) is 0 Å². The van der Waals surface area contributed by atoms with E-state index in [-0.39, 0.29) is 11.9 Å². The number of carbonyl (C=O) groups is 1. The number of amides is 1. The number of carbonyl (C=O) groups excluding carboxylic acids is 1. The number of benzene rings is 1. The van der Waals surface area contributed by atoms with Crippen LogP contribution in [0.1, 0.15) is 28.9 Å². The Balaban J connectivity index is 1.71. The summed E-state index contributed by atoms with van der Waals surface area (Å²) in [5, 5.41) is 2.98. The van der Waals surface area contributed by atoms with Gasteiger partial charge in [0, 0.05) is 24.8 Å². The molecular formula is C19H17N3O. The summed E-state index contributed by atoms with van der Waals surface area (Å²) in [5.74, 6) is -0.121. The number of aromatic nitrogens is 2. The SMILES string of the molecule is CC(NC(=O)c1cccnc1)c1ccc(-c2ccncc2)cc1. The Bertz CT molecular complexity index is 771. The van der Waals surface area contributed by atoms with E-state index in [4.69, 9.17) is 0 Å². The van der Waals surface area contributed by atoms with Crippen molar-refractivity contribution in [1.29, 1.82) is 0 Å². The molecule has 3 rings (SSSR count). The lowest BCUT2D eigenvalue weighted by molar-refractivity contribution is 0.0939. The predicted octanol–water partition coefficient (Wildman–Crippen LogP) is 3.63. The van der Waals surface area contributed by atoms with Crippen LogP contribution in [-0.2, 0) is 0 Å². The van der Waals surface area contributed by atoms with E-state index in [0.717, 1.165) is 16.7 Å². The zero-order valence-electron chi connectivity index (χ0n) is 12.8. The quantitative estimate of drug-likeness (QED) is 0.800. The first-order chi connectivity index (χ1) is 11.2. The monoisotopic (exact) mass is 303 g/mol. The van der Waals surface area contributed by atoms with Crippen LogP contribution in [0.2, 0.25) is 0 Å². The maximum absolute atomic E-state index is 12.2. The second kappa shape index (κ2) is 6.83. The van der Waals surface area contributed by atoms with Crippen LogP contribution in [0.3, 0.4) is 0 Å². The van der Waals surface area contributed by atoms with Gasteiger partial charge in [0.15, 0.2) is 0 Å². The third-order valence-corrected chi connectivity index (χ3v) is 3.70. The standard InChI is InChI=1S/C19H17N3O/c1-14(22-19(23)18-3-2-10-21-13-18)15-4-6-16(7-5-15)17-8-11-20-12-9-17/h2-14H,1H3,(H,22,23). The summed E-state index contributed by atoms with van der Waals surface area (Å²) in [7, 11) is 0. The third kappa shape index (κ3) is 3.61. The average Bonchev–Trinajstić information content (AvgIpc) is 2.63. The lowest BCUT2D eigenvalue weighted by Gasteiger charge is -2.15. The Morgan fingerprint density at radius 2 is 1.61 bits per heavy atom. The van der Waals surface area contributed by atoms with Gasteiger partial charge in [0.25, 0.3) is 5.91 Å². The summed E-state index contributed by atoms with van der Waals surface area (Å²) >= 11 is 0. The topological polar surface area (TPSA) is 54.9 Å². The summed E-state index contributed by atoms with van der Waals surface area (Å²) in [4.78, 5) is 20.1. The van der Waals surface area contributed by atoms with Gasteiger partial charge < -0.3 is 5.32 Å². The molecule has 1 N–H and O–H groups in total. The second-order valence-electron chi connectivity index (χ2n) is 5.29. The van der Waals surface area contributed by atoms with E-state index in [2.05, 4.69) is 27.4 Å². The van der Waals surface area contributed by atoms with Crippen molar-refractivity contribution in [3.63, 3.8) is 0 Å².